The molecule has 0 radical (unpaired) electrons. The SMILES string of the molecule is CCC(C)CC(C)NC(=O)c1cccc(NC)c1[N+](=O)[O-]. The van der Waals surface area contributed by atoms with Gasteiger partial charge in [-0.05, 0) is 31.4 Å². The predicted molar refractivity (Wildman–Crippen MR) is 83.6 cm³/mol. The Morgan fingerprint density at radius 1 is 1.38 bits per heavy atom. The minimum Gasteiger partial charge on any atom is -0.383 e. The molecule has 0 aliphatic heterocycles. The lowest BCUT2D eigenvalue weighted by molar-refractivity contribution is -0.384. The molecule has 0 aliphatic rings. The lowest BCUT2D eigenvalue weighted by atomic mass is 10.00. The molecule has 0 fully saturated rings. The quantitative estimate of drug-likeness (QED) is 0.597. The van der Waals surface area contributed by atoms with Crippen molar-refractivity contribution in [3.63, 3.8) is 0 Å². The van der Waals surface area contributed by atoms with E-state index in [0.29, 0.717) is 11.6 Å². The van der Waals surface area contributed by atoms with Crippen molar-refractivity contribution in [3.05, 3.63) is 33.9 Å². The fourth-order valence-electron chi connectivity index (χ4n) is 2.26. The summed E-state index contributed by atoms with van der Waals surface area (Å²) in [5, 5.41) is 16.8. The average Bonchev–Trinajstić information content (AvgIpc) is 2.45. The Kier molecular flexibility index (Phi) is 6.14. The smallest absolute Gasteiger partial charge is 0.305 e. The molecule has 2 unspecified atom stereocenters. The van der Waals surface area contributed by atoms with E-state index in [-0.39, 0.29) is 17.3 Å². The fraction of sp³-hybridized carbons (Fsp3) is 0.533. The molecule has 0 saturated carbocycles. The van der Waals surface area contributed by atoms with Crippen molar-refractivity contribution >= 4 is 17.3 Å². The molecule has 116 valence electrons. The Hall–Kier alpha value is -2.11. The van der Waals surface area contributed by atoms with Crippen LogP contribution in [0.1, 0.15) is 44.0 Å². The van der Waals surface area contributed by atoms with E-state index in [4.69, 9.17) is 0 Å². The maximum absolute atomic E-state index is 12.3. The van der Waals surface area contributed by atoms with Crippen LogP contribution in [0.4, 0.5) is 11.4 Å². The third-order valence-corrected chi connectivity index (χ3v) is 3.56. The molecule has 0 heterocycles. The summed E-state index contributed by atoms with van der Waals surface area (Å²) in [6, 6.07) is 4.67. The maximum Gasteiger partial charge on any atom is 0.305 e. The van der Waals surface area contributed by atoms with Crippen LogP contribution in [0.15, 0.2) is 18.2 Å². The highest BCUT2D eigenvalue weighted by Crippen LogP contribution is 2.28. The molecule has 6 nitrogen and oxygen atoms in total. The Morgan fingerprint density at radius 2 is 2.05 bits per heavy atom. The Morgan fingerprint density at radius 3 is 2.57 bits per heavy atom. The molecule has 1 aromatic rings. The van der Waals surface area contributed by atoms with Gasteiger partial charge in [-0.3, -0.25) is 14.9 Å². The fourth-order valence-corrected chi connectivity index (χ4v) is 2.26. The lowest BCUT2D eigenvalue weighted by Crippen LogP contribution is -2.34. The van der Waals surface area contributed by atoms with E-state index in [1.54, 1.807) is 19.2 Å². The zero-order chi connectivity index (χ0) is 16.0. The van der Waals surface area contributed by atoms with Gasteiger partial charge in [0.25, 0.3) is 5.91 Å². The van der Waals surface area contributed by atoms with Gasteiger partial charge in [0.1, 0.15) is 11.3 Å². The lowest BCUT2D eigenvalue weighted by Gasteiger charge is -2.17. The first-order chi connectivity index (χ1) is 9.90. The van der Waals surface area contributed by atoms with Gasteiger partial charge in [0.15, 0.2) is 0 Å². The van der Waals surface area contributed by atoms with Crippen molar-refractivity contribution in [1.29, 1.82) is 0 Å². The number of hydrogen-bond acceptors (Lipinski definition) is 4. The second-order valence-electron chi connectivity index (χ2n) is 5.33. The molecule has 0 bridgehead atoms. The predicted octanol–water partition coefficient (Wildman–Crippen LogP) is 3.19. The molecule has 0 spiro atoms. The normalized spacial score (nSPS) is 13.3. The van der Waals surface area contributed by atoms with E-state index >= 15 is 0 Å². The average molecular weight is 293 g/mol. The molecule has 2 N–H and O–H groups in total. The van der Waals surface area contributed by atoms with Gasteiger partial charge >= 0.3 is 5.69 Å². The molecule has 2 atom stereocenters. The number of nitrogens with one attached hydrogen (secondary N) is 2. The van der Waals surface area contributed by atoms with Crippen molar-refractivity contribution < 1.29 is 9.72 Å². The largest absolute Gasteiger partial charge is 0.383 e. The number of anilines is 1. The van der Waals surface area contributed by atoms with Gasteiger partial charge in [-0.15, -0.1) is 0 Å². The molecule has 1 amide bonds. The first-order valence-corrected chi connectivity index (χ1v) is 7.16. The van der Waals surface area contributed by atoms with Crippen molar-refractivity contribution in [1.82, 2.24) is 5.32 Å². The van der Waals surface area contributed by atoms with E-state index in [0.717, 1.165) is 12.8 Å². The second-order valence-corrected chi connectivity index (χ2v) is 5.33. The summed E-state index contributed by atoms with van der Waals surface area (Å²) >= 11 is 0. The topological polar surface area (TPSA) is 84.3 Å². The van der Waals surface area contributed by atoms with Crippen LogP contribution in [0.5, 0.6) is 0 Å². The van der Waals surface area contributed by atoms with Crippen molar-refractivity contribution in [3.8, 4) is 0 Å². The molecule has 21 heavy (non-hydrogen) atoms. The highest BCUT2D eigenvalue weighted by atomic mass is 16.6. The highest BCUT2D eigenvalue weighted by molar-refractivity contribution is 6.00. The molecule has 0 aliphatic carbocycles. The third kappa shape index (κ3) is 4.44. The molecule has 1 aromatic carbocycles. The van der Waals surface area contributed by atoms with Crippen LogP contribution < -0.4 is 10.6 Å². The molecular weight excluding hydrogens is 270 g/mol. The van der Waals surface area contributed by atoms with Crippen LogP contribution in [-0.2, 0) is 0 Å². The third-order valence-electron chi connectivity index (χ3n) is 3.56. The van der Waals surface area contributed by atoms with Crippen LogP contribution in [0.3, 0.4) is 0 Å². The molecular formula is C15H23N3O3. The molecule has 6 heteroatoms. The first-order valence-electron chi connectivity index (χ1n) is 7.16. The number of nitrogens with zero attached hydrogens (tertiary/aromatic N) is 1. The zero-order valence-corrected chi connectivity index (χ0v) is 13.0. The van der Waals surface area contributed by atoms with Crippen molar-refractivity contribution in [2.45, 2.75) is 39.7 Å². The number of amides is 1. The zero-order valence-electron chi connectivity index (χ0n) is 13.0. The number of carbonyl (C=O) groups excluding carboxylic acids is 1. The number of benzene rings is 1. The van der Waals surface area contributed by atoms with Gasteiger partial charge in [-0.2, -0.15) is 0 Å². The highest BCUT2D eigenvalue weighted by Gasteiger charge is 2.24. The Labute approximate surface area is 125 Å². The number of carbonyl (C=O) groups is 1. The number of hydrogen-bond donors (Lipinski definition) is 2. The van der Waals surface area contributed by atoms with Crippen molar-refractivity contribution in [2.24, 2.45) is 5.92 Å². The Balaban J connectivity index is 2.95. The van der Waals surface area contributed by atoms with Crippen LogP contribution in [0, 0.1) is 16.0 Å². The summed E-state index contributed by atoms with van der Waals surface area (Å²) in [7, 11) is 1.59. The van der Waals surface area contributed by atoms with Gasteiger partial charge in [-0.1, -0.05) is 26.3 Å². The number of rotatable bonds is 7. The summed E-state index contributed by atoms with van der Waals surface area (Å²) in [5.41, 5.74) is 0.235. The molecule has 0 saturated heterocycles. The molecule has 0 aromatic heterocycles. The van der Waals surface area contributed by atoms with E-state index < -0.39 is 10.8 Å². The minimum absolute atomic E-state index is 0.0229. The summed E-state index contributed by atoms with van der Waals surface area (Å²) in [6.45, 7) is 6.13. The van der Waals surface area contributed by atoms with Crippen molar-refractivity contribution in [2.75, 3.05) is 12.4 Å². The standard InChI is InChI=1S/C15H23N3O3/c1-5-10(2)9-11(3)17-15(19)12-7-6-8-13(16-4)14(12)18(20)21/h6-8,10-11,16H,5,9H2,1-4H3,(H,17,19). The van der Waals surface area contributed by atoms with Crippen LogP contribution in [0.25, 0.3) is 0 Å². The van der Waals surface area contributed by atoms with Gasteiger partial charge < -0.3 is 10.6 Å². The van der Waals surface area contributed by atoms with Gasteiger partial charge in [0.2, 0.25) is 0 Å². The van der Waals surface area contributed by atoms with E-state index in [9.17, 15) is 14.9 Å². The maximum atomic E-state index is 12.3. The van der Waals surface area contributed by atoms with Crippen LogP contribution in [0.2, 0.25) is 0 Å². The van der Waals surface area contributed by atoms with Gasteiger partial charge in [0, 0.05) is 13.1 Å². The summed E-state index contributed by atoms with van der Waals surface area (Å²) in [6.07, 6.45) is 1.89. The minimum atomic E-state index is -0.528. The van der Waals surface area contributed by atoms with Crippen LogP contribution >= 0.6 is 0 Å². The van der Waals surface area contributed by atoms with E-state index in [2.05, 4.69) is 24.5 Å². The number of para-hydroxylation sites is 1. The summed E-state index contributed by atoms with van der Waals surface area (Å²) in [4.78, 5) is 22.9. The number of nitro benzene ring substituents is 1. The van der Waals surface area contributed by atoms with Gasteiger partial charge in [-0.25, -0.2) is 0 Å². The second kappa shape index (κ2) is 7.61. The molecule has 1 rings (SSSR count). The summed E-state index contributed by atoms with van der Waals surface area (Å²) in [5.74, 6) is 0.0912. The van der Waals surface area contributed by atoms with Gasteiger partial charge in [0.05, 0.1) is 4.92 Å². The van der Waals surface area contributed by atoms with E-state index in [1.165, 1.54) is 6.07 Å². The van der Waals surface area contributed by atoms with E-state index in [1.807, 2.05) is 6.92 Å². The number of nitro groups is 1. The Bertz CT molecular complexity index is 517. The van der Waals surface area contributed by atoms with Crippen LogP contribution in [-0.4, -0.2) is 23.9 Å². The summed E-state index contributed by atoms with van der Waals surface area (Å²) < 4.78 is 0. The first kappa shape index (κ1) is 16.9. The monoisotopic (exact) mass is 293 g/mol.